The highest BCUT2D eigenvalue weighted by atomic mass is 16.2. The summed E-state index contributed by atoms with van der Waals surface area (Å²) in [5, 5.41) is 12.5. The fraction of sp³-hybridized carbons (Fsp3) is 0.389. The number of aryl methyl sites for hydroxylation is 2. The van der Waals surface area contributed by atoms with E-state index in [1.54, 1.807) is 31.3 Å². The Balaban J connectivity index is 2.03. The van der Waals surface area contributed by atoms with Crippen LogP contribution < -0.4 is 16.0 Å². The van der Waals surface area contributed by atoms with E-state index >= 15 is 0 Å². The number of urea groups is 1. The van der Waals surface area contributed by atoms with E-state index in [0.717, 1.165) is 17.0 Å². The fourth-order valence-corrected chi connectivity index (χ4v) is 2.65. The van der Waals surface area contributed by atoms with Crippen molar-refractivity contribution in [1.29, 1.82) is 0 Å². The standard InChI is InChI=1S/C18H25N5O2/c1-11(9-16-12(2)22-23(5)13(16)3)17(24)20-14-7-6-8-15(10-14)21-18(25)19-4/h6-8,10-11H,9H2,1-5H3,(H,20,24)(H2,19,21,25)/t11-/m1/s1. The van der Waals surface area contributed by atoms with Crippen molar-refractivity contribution in [3.8, 4) is 0 Å². The Labute approximate surface area is 147 Å². The summed E-state index contributed by atoms with van der Waals surface area (Å²) in [4.78, 5) is 23.9. The van der Waals surface area contributed by atoms with Crippen LogP contribution in [0.1, 0.15) is 23.9 Å². The summed E-state index contributed by atoms with van der Waals surface area (Å²) in [5.74, 6) is -0.267. The number of nitrogens with zero attached hydrogens (tertiary/aromatic N) is 2. The SMILES string of the molecule is CNC(=O)Nc1cccc(NC(=O)[C@H](C)Cc2c(C)nn(C)c2C)c1. The molecule has 2 aromatic rings. The number of aromatic nitrogens is 2. The summed E-state index contributed by atoms with van der Waals surface area (Å²) < 4.78 is 1.84. The summed E-state index contributed by atoms with van der Waals surface area (Å²) in [6.07, 6.45) is 0.632. The van der Waals surface area contributed by atoms with Crippen molar-refractivity contribution in [1.82, 2.24) is 15.1 Å². The molecular weight excluding hydrogens is 318 g/mol. The first-order valence-electron chi connectivity index (χ1n) is 8.20. The molecule has 0 radical (unpaired) electrons. The van der Waals surface area contributed by atoms with Crippen molar-refractivity contribution >= 4 is 23.3 Å². The topological polar surface area (TPSA) is 88.1 Å². The Morgan fingerprint density at radius 2 is 1.84 bits per heavy atom. The first-order valence-corrected chi connectivity index (χ1v) is 8.20. The number of hydrogen-bond acceptors (Lipinski definition) is 3. The molecule has 0 fully saturated rings. The number of carbonyl (C=O) groups is 2. The molecule has 0 saturated carbocycles. The van der Waals surface area contributed by atoms with Gasteiger partial charge in [0.2, 0.25) is 5.91 Å². The molecule has 1 heterocycles. The van der Waals surface area contributed by atoms with Gasteiger partial charge in [-0.25, -0.2) is 4.79 Å². The monoisotopic (exact) mass is 343 g/mol. The van der Waals surface area contributed by atoms with Gasteiger partial charge in [-0.05, 0) is 44.0 Å². The molecule has 1 atom stereocenters. The van der Waals surface area contributed by atoms with E-state index in [4.69, 9.17) is 0 Å². The average molecular weight is 343 g/mol. The second kappa shape index (κ2) is 7.83. The predicted octanol–water partition coefficient (Wildman–Crippen LogP) is 2.61. The summed E-state index contributed by atoms with van der Waals surface area (Å²) in [5.41, 5.74) is 4.40. The smallest absolute Gasteiger partial charge is 0.318 e. The summed E-state index contributed by atoms with van der Waals surface area (Å²) in [7, 11) is 3.45. The highest BCUT2D eigenvalue weighted by molar-refractivity contribution is 5.94. The minimum atomic E-state index is -0.306. The first kappa shape index (κ1) is 18.5. The maximum absolute atomic E-state index is 12.5. The molecule has 0 bridgehead atoms. The molecule has 3 N–H and O–H groups in total. The van der Waals surface area contributed by atoms with Crippen LogP contribution in [0.25, 0.3) is 0 Å². The first-order chi connectivity index (χ1) is 11.8. The van der Waals surface area contributed by atoms with Crippen LogP contribution in [0.5, 0.6) is 0 Å². The van der Waals surface area contributed by atoms with E-state index in [1.165, 1.54) is 0 Å². The van der Waals surface area contributed by atoms with Gasteiger partial charge in [-0.2, -0.15) is 5.10 Å². The van der Waals surface area contributed by atoms with Crippen LogP contribution in [0, 0.1) is 19.8 Å². The van der Waals surface area contributed by atoms with Gasteiger partial charge in [0.25, 0.3) is 0 Å². The maximum atomic E-state index is 12.5. The molecular formula is C18H25N5O2. The third kappa shape index (κ3) is 4.59. The van der Waals surface area contributed by atoms with Gasteiger partial charge >= 0.3 is 6.03 Å². The van der Waals surface area contributed by atoms with Gasteiger partial charge in [0.05, 0.1) is 5.69 Å². The minimum Gasteiger partial charge on any atom is -0.341 e. The predicted molar refractivity (Wildman–Crippen MR) is 98.7 cm³/mol. The summed E-state index contributed by atoms with van der Waals surface area (Å²) in [6, 6.07) is 6.75. The van der Waals surface area contributed by atoms with Gasteiger partial charge in [0.15, 0.2) is 0 Å². The van der Waals surface area contributed by atoms with E-state index in [1.807, 2.05) is 32.5 Å². The Kier molecular flexibility index (Phi) is 5.80. The molecule has 7 nitrogen and oxygen atoms in total. The van der Waals surface area contributed by atoms with Crippen LogP contribution in [-0.4, -0.2) is 28.8 Å². The second-order valence-corrected chi connectivity index (χ2v) is 6.15. The molecule has 134 valence electrons. The van der Waals surface area contributed by atoms with E-state index < -0.39 is 0 Å². The number of nitrogens with one attached hydrogen (secondary N) is 3. The van der Waals surface area contributed by atoms with Gasteiger partial charge in [0.1, 0.15) is 0 Å². The molecule has 1 aromatic carbocycles. The Morgan fingerprint density at radius 3 is 2.40 bits per heavy atom. The molecule has 1 aromatic heterocycles. The molecule has 0 spiro atoms. The van der Waals surface area contributed by atoms with Crippen molar-refractivity contribution in [2.45, 2.75) is 27.2 Å². The lowest BCUT2D eigenvalue weighted by Gasteiger charge is -2.13. The quantitative estimate of drug-likeness (QED) is 0.780. The fourth-order valence-electron chi connectivity index (χ4n) is 2.65. The maximum Gasteiger partial charge on any atom is 0.318 e. The minimum absolute atomic E-state index is 0.0697. The van der Waals surface area contributed by atoms with Gasteiger partial charge in [-0.15, -0.1) is 0 Å². The summed E-state index contributed by atoms with van der Waals surface area (Å²) >= 11 is 0. The third-order valence-corrected chi connectivity index (χ3v) is 4.23. The number of anilines is 2. The number of benzene rings is 1. The average Bonchev–Trinajstić information content (AvgIpc) is 2.81. The van der Waals surface area contributed by atoms with E-state index in [2.05, 4.69) is 21.0 Å². The van der Waals surface area contributed by atoms with Crippen molar-refractivity contribution in [3.63, 3.8) is 0 Å². The highest BCUT2D eigenvalue weighted by Gasteiger charge is 2.18. The Morgan fingerprint density at radius 1 is 1.20 bits per heavy atom. The molecule has 0 aliphatic carbocycles. The van der Waals surface area contributed by atoms with Gasteiger partial charge < -0.3 is 16.0 Å². The van der Waals surface area contributed by atoms with Gasteiger partial charge in [0, 0.05) is 37.1 Å². The normalized spacial score (nSPS) is 11.7. The molecule has 2 rings (SSSR count). The zero-order valence-corrected chi connectivity index (χ0v) is 15.3. The lowest BCUT2D eigenvalue weighted by atomic mass is 9.99. The van der Waals surface area contributed by atoms with Gasteiger partial charge in [-0.3, -0.25) is 9.48 Å². The van der Waals surface area contributed by atoms with Crippen LogP contribution in [0.4, 0.5) is 16.2 Å². The van der Waals surface area contributed by atoms with Crippen LogP contribution in [0.2, 0.25) is 0 Å². The van der Waals surface area contributed by atoms with Gasteiger partial charge in [-0.1, -0.05) is 13.0 Å². The van der Waals surface area contributed by atoms with Crippen LogP contribution >= 0.6 is 0 Å². The molecule has 25 heavy (non-hydrogen) atoms. The zero-order chi connectivity index (χ0) is 18.6. The van der Waals surface area contributed by atoms with Crippen LogP contribution in [0.15, 0.2) is 24.3 Å². The van der Waals surface area contributed by atoms with Crippen LogP contribution in [0.3, 0.4) is 0 Å². The van der Waals surface area contributed by atoms with Crippen molar-refractivity contribution in [2.24, 2.45) is 13.0 Å². The summed E-state index contributed by atoms with van der Waals surface area (Å²) in [6.45, 7) is 5.86. The number of hydrogen-bond donors (Lipinski definition) is 3. The molecule has 0 unspecified atom stereocenters. The van der Waals surface area contributed by atoms with E-state index in [9.17, 15) is 9.59 Å². The lowest BCUT2D eigenvalue weighted by molar-refractivity contribution is -0.119. The second-order valence-electron chi connectivity index (χ2n) is 6.15. The molecule has 3 amide bonds. The van der Waals surface area contributed by atoms with E-state index in [0.29, 0.717) is 17.8 Å². The Hall–Kier alpha value is -2.83. The van der Waals surface area contributed by atoms with Crippen LogP contribution in [-0.2, 0) is 18.3 Å². The number of rotatable bonds is 5. The zero-order valence-electron chi connectivity index (χ0n) is 15.3. The van der Waals surface area contributed by atoms with Crippen molar-refractivity contribution in [2.75, 3.05) is 17.7 Å². The van der Waals surface area contributed by atoms with Crippen molar-refractivity contribution in [3.05, 3.63) is 41.2 Å². The highest BCUT2D eigenvalue weighted by Crippen LogP contribution is 2.20. The van der Waals surface area contributed by atoms with E-state index in [-0.39, 0.29) is 17.9 Å². The van der Waals surface area contributed by atoms with Crippen molar-refractivity contribution < 1.29 is 9.59 Å². The number of amides is 3. The largest absolute Gasteiger partial charge is 0.341 e. The third-order valence-electron chi connectivity index (χ3n) is 4.23. The molecule has 0 aliphatic heterocycles. The molecule has 0 aliphatic rings. The molecule has 0 saturated heterocycles. The number of carbonyl (C=O) groups excluding carboxylic acids is 2. The molecule has 7 heteroatoms. The lowest BCUT2D eigenvalue weighted by Crippen LogP contribution is -2.25. The Bertz CT molecular complexity index is 782.